The molecule has 2 N–H and O–H groups in total. The van der Waals surface area contributed by atoms with Crippen molar-refractivity contribution in [1.82, 2.24) is 0 Å². The molecule has 3 nitrogen and oxygen atoms in total. The van der Waals surface area contributed by atoms with Crippen LogP contribution in [0, 0.1) is 0 Å². The van der Waals surface area contributed by atoms with Crippen LogP contribution >= 0.6 is 27.5 Å². The van der Waals surface area contributed by atoms with Crippen molar-refractivity contribution in [3.05, 3.63) is 39.8 Å². The van der Waals surface area contributed by atoms with Gasteiger partial charge in [-0.25, -0.2) is 0 Å². The Bertz CT molecular complexity index is 617. The molecule has 0 fully saturated rings. The van der Waals surface area contributed by atoms with Crippen LogP contribution in [0.5, 0.6) is 11.5 Å². The van der Waals surface area contributed by atoms with Crippen LogP contribution in [0.25, 0.3) is 11.1 Å². The second-order valence-corrected chi connectivity index (χ2v) is 5.10. The molecule has 0 aliphatic heterocycles. The predicted molar refractivity (Wildman–Crippen MR) is 82.1 cm³/mol. The highest BCUT2D eigenvalue weighted by Gasteiger charge is 2.16. The number of hydrogen-bond acceptors (Lipinski definition) is 3. The number of ether oxygens (including phenoxy) is 2. The lowest BCUT2D eigenvalue weighted by Gasteiger charge is -2.14. The van der Waals surface area contributed by atoms with Crippen molar-refractivity contribution in [1.29, 1.82) is 0 Å². The van der Waals surface area contributed by atoms with Crippen LogP contribution in [0.1, 0.15) is 0 Å². The van der Waals surface area contributed by atoms with Gasteiger partial charge >= 0.3 is 0 Å². The summed E-state index contributed by atoms with van der Waals surface area (Å²) >= 11 is 9.71. The van der Waals surface area contributed by atoms with Crippen LogP contribution in [0.2, 0.25) is 5.02 Å². The monoisotopic (exact) mass is 341 g/mol. The minimum Gasteiger partial charge on any atom is -0.495 e. The third-order valence-electron chi connectivity index (χ3n) is 2.77. The van der Waals surface area contributed by atoms with E-state index in [9.17, 15) is 0 Å². The lowest BCUT2D eigenvalue weighted by molar-refractivity contribution is 0.390. The van der Waals surface area contributed by atoms with Crippen molar-refractivity contribution in [3.63, 3.8) is 0 Å². The molecule has 19 heavy (non-hydrogen) atoms. The molecule has 0 amide bonds. The summed E-state index contributed by atoms with van der Waals surface area (Å²) in [6, 6.07) is 9.15. The first-order chi connectivity index (χ1) is 9.08. The number of benzene rings is 2. The number of hydrogen-bond donors (Lipinski definition) is 1. The zero-order valence-electron chi connectivity index (χ0n) is 10.5. The summed E-state index contributed by atoms with van der Waals surface area (Å²) in [6.07, 6.45) is 0. The van der Waals surface area contributed by atoms with E-state index in [0.717, 1.165) is 15.6 Å². The normalized spacial score (nSPS) is 10.3. The minimum absolute atomic E-state index is 0.579. The van der Waals surface area contributed by atoms with E-state index >= 15 is 0 Å². The number of nitrogen functional groups attached to an aromatic ring is 1. The fourth-order valence-corrected chi connectivity index (χ4v) is 2.82. The molecule has 0 heterocycles. The average Bonchev–Trinajstić information content (AvgIpc) is 2.38. The molecule has 100 valence electrons. The highest BCUT2D eigenvalue weighted by atomic mass is 79.9. The lowest BCUT2D eigenvalue weighted by atomic mass is 10.0. The Hall–Kier alpha value is -1.39. The van der Waals surface area contributed by atoms with E-state index in [0.29, 0.717) is 22.2 Å². The topological polar surface area (TPSA) is 44.5 Å². The van der Waals surface area contributed by atoms with Gasteiger partial charge in [-0.05, 0) is 40.2 Å². The molecular weight excluding hydrogens is 330 g/mol. The van der Waals surface area contributed by atoms with Crippen LogP contribution in [-0.2, 0) is 0 Å². The first-order valence-corrected chi connectivity index (χ1v) is 6.71. The Labute approximate surface area is 125 Å². The summed E-state index contributed by atoms with van der Waals surface area (Å²) in [5.74, 6) is 1.37. The second kappa shape index (κ2) is 5.72. The van der Waals surface area contributed by atoms with Gasteiger partial charge in [-0.15, -0.1) is 0 Å². The summed E-state index contributed by atoms with van der Waals surface area (Å²) in [7, 11) is 3.21. The van der Waals surface area contributed by atoms with Gasteiger partial charge in [-0.3, -0.25) is 0 Å². The molecule has 0 radical (unpaired) electrons. The molecule has 0 unspecified atom stereocenters. The van der Waals surface area contributed by atoms with Crippen LogP contribution in [-0.4, -0.2) is 14.2 Å². The summed E-state index contributed by atoms with van der Waals surface area (Å²) in [5.41, 5.74) is 8.06. The molecule has 2 aromatic rings. The third-order valence-corrected chi connectivity index (χ3v) is 3.83. The molecule has 0 aromatic heterocycles. The maximum absolute atomic E-state index is 6.24. The van der Waals surface area contributed by atoms with Gasteiger partial charge < -0.3 is 15.2 Å². The summed E-state index contributed by atoms with van der Waals surface area (Å²) in [6.45, 7) is 0. The minimum atomic E-state index is 0.579. The quantitative estimate of drug-likeness (QED) is 0.842. The lowest BCUT2D eigenvalue weighted by Crippen LogP contribution is -1.94. The number of methoxy groups -OCH3 is 2. The average molecular weight is 343 g/mol. The third kappa shape index (κ3) is 2.65. The van der Waals surface area contributed by atoms with Gasteiger partial charge in [-0.1, -0.05) is 17.7 Å². The Morgan fingerprint density at radius 2 is 1.74 bits per heavy atom. The molecule has 0 saturated heterocycles. The standard InChI is InChI=1S/C14H13BrClNO2/c1-18-12-6-5-10(14(19-2)13(12)15)9-4-3-8(17)7-11(9)16/h3-7H,17H2,1-2H3. The number of anilines is 1. The first kappa shape index (κ1) is 14.0. The Morgan fingerprint density at radius 1 is 1.05 bits per heavy atom. The maximum atomic E-state index is 6.24. The summed E-state index contributed by atoms with van der Waals surface area (Å²) in [4.78, 5) is 0. The van der Waals surface area contributed by atoms with E-state index in [-0.39, 0.29) is 0 Å². The van der Waals surface area contributed by atoms with E-state index in [1.165, 1.54) is 0 Å². The van der Waals surface area contributed by atoms with Crippen molar-refractivity contribution in [3.8, 4) is 22.6 Å². The Balaban J connectivity index is 2.65. The maximum Gasteiger partial charge on any atom is 0.144 e. The predicted octanol–water partition coefficient (Wildman–Crippen LogP) is 4.37. The van der Waals surface area contributed by atoms with E-state index in [1.807, 2.05) is 18.2 Å². The van der Waals surface area contributed by atoms with Gasteiger partial charge in [0.15, 0.2) is 0 Å². The van der Waals surface area contributed by atoms with E-state index in [1.54, 1.807) is 26.4 Å². The molecule has 0 aliphatic carbocycles. The first-order valence-electron chi connectivity index (χ1n) is 5.54. The highest BCUT2D eigenvalue weighted by Crippen LogP contribution is 2.44. The van der Waals surface area contributed by atoms with Crippen LogP contribution < -0.4 is 15.2 Å². The van der Waals surface area contributed by atoms with Gasteiger partial charge in [0.2, 0.25) is 0 Å². The Kier molecular flexibility index (Phi) is 4.22. The van der Waals surface area contributed by atoms with Gasteiger partial charge in [-0.2, -0.15) is 0 Å². The van der Waals surface area contributed by atoms with Crippen molar-refractivity contribution in [2.75, 3.05) is 20.0 Å². The SMILES string of the molecule is COc1ccc(-c2ccc(N)cc2Cl)c(OC)c1Br. The highest BCUT2D eigenvalue weighted by molar-refractivity contribution is 9.10. The zero-order chi connectivity index (χ0) is 14.0. The summed E-state index contributed by atoms with van der Waals surface area (Å²) in [5, 5.41) is 0.579. The zero-order valence-corrected chi connectivity index (χ0v) is 12.9. The van der Waals surface area contributed by atoms with E-state index in [4.69, 9.17) is 26.8 Å². The van der Waals surface area contributed by atoms with E-state index < -0.39 is 0 Å². The van der Waals surface area contributed by atoms with Crippen LogP contribution in [0.4, 0.5) is 5.69 Å². The number of halogens is 2. The van der Waals surface area contributed by atoms with Crippen LogP contribution in [0.3, 0.4) is 0 Å². The molecule has 0 saturated carbocycles. The van der Waals surface area contributed by atoms with Crippen molar-refractivity contribution in [2.45, 2.75) is 0 Å². The van der Waals surface area contributed by atoms with Crippen molar-refractivity contribution < 1.29 is 9.47 Å². The molecule has 5 heteroatoms. The molecule has 0 atom stereocenters. The smallest absolute Gasteiger partial charge is 0.144 e. The molecule has 2 aromatic carbocycles. The fraction of sp³-hybridized carbons (Fsp3) is 0.143. The molecule has 2 rings (SSSR count). The molecule has 0 aliphatic rings. The summed E-state index contributed by atoms with van der Waals surface area (Å²) < 4.78 is 11.4. The number of nitrogens with two attached hydrogens (primary N) is 1. The van der Waals surface area contributed by atoms with E-state index in [2.05, 4.69) is 15.9 Å². The fourth-order valence-electron chi connectivity index (χ4n) is 1.86. The van der Waals surface area contributed by atoms with Gasteiger partial charge in [0.25, 0.3) is 0 Å². The van der Waals surface area contributed by atoms with Crippen molar-refractivity contribution in [2.24, 2.45) is 0 Å². The number of rotatable bonds is 3. The molecular formula is C14H13BrClNO2. The van der Waals surface area contributed by atoms with Crippen LogP contribution in [0.15, 0.2) is 34.8 Å². The Morgan fingerprint density at radius 3 is 2.32 bits per heavy atom. The van der Waals surface area contributed by atoms with Crippen molar-refractivity contribution >= 4 is 33.2 Å². The molecule has 0 spiro atoms. The van der Waals surface area contributed by atoms with Gasteiger partial charge in [0.05, 0.1) is 19.2 Å². The van der Waals surface area contributed by atoms with Gasteiger partial charge in [0.1, 0.15) is 16.0 Å². The second-order valence-electron chi connectivity index (χ2n) is 3.90. The molecule has 0 bridgehead atoms. The largest absolute Gasteiger partial charge is 0.495 e. The van der Waals surface area contributed by atoms with Gasteiger partial charge in [0, 0.05) is 16.8 Å².